The SMILES string of the molecule is CS(=O)Cc1cccc(C(=O)Nc2ccc(NS(C)(=O)=O)cc2)c1. The maximum Gasteiger partial charge on any atom is 0.255 e. The summed E-state index contributed by atoms with van der Waals surface area (Å²) in [4.78, 5) is 12.3. The van der Waals surface area contributed by atoms with Crippen molar-refractivity contribution in [3.05, 3.63) is 59.7 Å². The molecular formula is C16H18N2O4S2. The molecule has 0 saturated carbocycles. The van der Waals surface area contributed by atoms with Crippen molar-refractivity contribution in [1.82, 2.24) is 0 Å². The Bertz CT molecular complexity index is 862. The van der Waals surface area contributed by atoms with E-state index in [1.165, 1.54) is 0 Å². The Kier molecular flexibility index (Phi) is 5.74. The van der Waals surface area contributed by atoms with Crippen molar-refractivity contribution in [2.24, 2.45) is 0 Å². The summed E-state index contributed by atoms with van der Waals surface area (Å²) in [7, 11) is -4.31. The van der Waals surface area contributed by atoms with E-state index in [0.717, 1.165) is 11.8 Å². The molecule has 0 spiro atoms. The number of rotatable bonds is 6. The fraction of sp³-hybridized carbons (Fsp3) is 0.188. The maximum atomic E-state index is 12.3. The number of hydrogen-bond donors (Lipinski definition) is 2. The monoisotopic (exact) mass is 366 g/mol. The van der Waals surface area contributed by atoms with E-state index < -0.39 is 20.8 Å². The minimum absolute atomic E-state index is 0.289. The Morgan fingerprint density at radius 1 is 1.08 bits per heavy atom. The Morgan fingerprint density at radius 2 is 1.71 bits per heavy atom. The molecule has 0 heterocycles. The largest absolute Gasteiger partial charge is 0.322 e. The minimum atomic E-state index is -3.33. The lowest BCUT2D eigenvalue weighted by molar-refractivity contribution is 0.102. The summed E-state index contributed by atoms with van der Waals surface area (Å²) in [5.74, 6) is 0.107. The number of anilines is 2. The minimum Gasteiger partial charge on any atom is -0.322 e. The summed E-state index contributed by atoms with van der Waals surface area (Å²) in [5, 5.41) is 2.74. The number of hydrogen-bond acceptors (Lipinski definition) is 4. The molecule has 0 aliphatic heterocycles. The van der Waals surface area contributed by atoms with E-state index in [0.29, 0.717) is 22.7 Å². The number of nitrogens with one attached hydrogen (secondary N) is 2. The molecule has 0 radical (unpaired) electrons. The molecule has 1 amide bonds. The highest BCUT2D eigenvalue weighted by molar-refractivity contribution is 7.92. The molecule has 8 heteroatoms. The molecule has 2 aromatic carbocycles. The first kappa shape index (κ1) is 18.2. The van der Waals surface area contributed by atoms with Gasteiger partial charge in [-0.25, -0.2) is 8.42 Å². The molecule has 1 atom stereocenters. The molecule has 0 saturated heterocycles. The van der Waals surface area contributed by atoms with E-state index in [4.69, 9.17) is 0 Å². The zero-order valence-corrected chi connectivity index (χ0v) is 14.9. The van der Waals surface area contributed by atoms with Gasteiger partial charge >= 0.3 is 0 Å². The average Bonchev–Trinajstić information content (AvgIpc) is 2.47. The van der Waals surface area contributed by atoms with Gasteiger partial charge in [0, 0.05) is 39.7 Å². The van der Waals surface area contributed by atoms with E-state index >= 15 is 0 Å². The molecule has 2 aromatic rings. The predicted octanol–water partition coefficient (Wildman–Crippen LogP) is 2.19. The van der Waals surface area contributed by atoms with Crippen LogP contribution in [0.25, 0.3) is 0 Å². The van der Waals surface area contributed by atoms with Crippen LogP contribution in [0.5, 0.6) is 0 Å². The number of amides is 1. The van der Waals surface area contributed by atoms with Gasteiger partial charge in [0.05, 0.1) is 6.26 Å². The van der Waals surface area contributed by atoms with Crippen molar-refractivity contribution in [1.29, 1.82) is 0 Å². The van der Waals surface area contributed by atoms with Crippen LogP contribution in [0.15, 0.2) is 48.5 Å². The van der Waals surface area contributed by atoms with Crippen molar-refractivity contribution in [3.63, 3.8) is 0 Å². The second-order valence-corrected chi connectivity index (χ2v) is 8.51. The highest BCUT2D eigenvalue weighted by Gasteiger charge is 2.08. The first-order chi connectivity index (χ1) is 11.2. The normalized spacial score (nSPS) is 12.4. The Morgan fingerprint density at radius 3 is 2.29 bits per heavy atom. The van der Waals surface area contributed by atoms with Crippen LogP contribution >= 0.6 is 0 Å². The molecule has 0 aliphatic carbocycles. The fourth-order valence-corrected chi connectivity index (χ4v) is 3.29. The smallest absolute Gasteiger partial charge is 0.255 e. The standard InChI is InChI=1S/C16H18N2O4S2/c1-23(20)11-12-4-3-5-13(10-12)16(19)17-14-6-8-15(9-7-14)18-24(2,21)22/h3-10,18H,11H2,1-2H3,(H,17,19). The van der Waals surface area contributed by atoms with E-state index in [9.17, 15) is 17.4 Å². The van der Waals surface area contributed by atoms with Gasteiger partial charge in [0.2, 0.25) is 10.0 Å². The van der Waals surface area contributed by atoms with Crippen LogP contribution in [-0.4, -0.2) is 31.0 Å². The van der Waals surface area contributed by atoms with E-state index in [1.807, 2.05) is 6.07 Å². The predicted molar refractivity (Wildman–Crippen MR) is 97.1 cm³/mol. The number of benzene rings is 2. The molecule has 24 heavy (non-hydrogen) atoms. The van der Waals surface area contributed by atoms with E-state index in [-0.39, 0.29) is 5.91 Å². The third-order valence-electron chi connectivity index (χ3n) is 3.01. The van der Waals surface area contributed by atoms with Crippen LogP contribution < -0.4 is 10.0 Å². The molecule has 0 fully saturated rings. The summed E-state index contributed by atoms with van der Waals surface area (Å²) in [6.45, 7) is 0. The van der Waals surface area contributed by atoms with Gasteiger partial charge in [0.25, 0.3) is 5.91 Å². The average molecular weight is 366 g/mol. The molecule has 128 valence electrons. The number of carbonyl (C=O) groups is 1. The summed E-state index contributed by atoms with van der Waals surface area (Å²) >= 11 is 0. The van der Waals surface area contributed by atoms with E-state index in [2.05, 4.69) is 10.0 Å². The summed E-state index contributed by atoms with van der Waals surface area (Å²) in [6.07, 6.45) is 2.68. The van der Waals surface area contributed by atoms with Gasteiger partial charge in [-0.2, -0.15) is 0 Å². The third-order valence-corrected chi connectivity index (χ3v) is 4.35. The zero-order chi connectivity index (χ0) is 17.7. The highest BCUT2D eigenvalue weighted by atomic mass is 32.2. The van der Waals surface area contributed by atoms with Crippen LogP contribution in [-0.2, 0) is 26.6 Å². The van der Waals surface area contributed by atoms with Gasteiger partial charge in [-0.1, -0.05) is 12.1 Å². The van der Waals surface area contributed by atoms with Crippen molar-refractivity contribution < 1.29 is 17.4 Å². The molecule has 0 bridgehead atoms. The van der Waals surface area contributed by atoms with Crippen molar-refractivity contribution in [3.8, 4) is 0 Å². The Labute approximate surface area is 143 Å². The van der Waals surface area contributed by atoms with Gasteiger partial charge in [-0.3, -0.25) is 13.7 Å². The number of carbonyl (C=O) groups excluding carboxylic acids is 1. The molecular weight excluding hydrogens is 348 g/mol. The first-order valence-electron chi connectivity index (χ1n) is 7.01. The van der Waals surface area contributed by atoms with Crippen LogP contribution in [0.2, 0.25) is 0 Å². The molecule has 2 N–H and O–H groups in total. The van der Waals surface area contributed by atoms with Crippen LogP contribution in [0.1, 0.15) is 15.9 Å². The molecule has 2 rings (SSSR count). The lowest BCUT2D eigenvalue weighted by Gasteiger charge is -2.08. The van der Waals surface area contributed by atoms with E-state index in [1.54, 1.807) is 48.7 Å². The van der Waals surface area contributed by atoms with Crippen LogP contribution in [0, 0.1) is 0 Å². The summed E-state index contributed by atoms with van der Waals surface area (Å²) in [5.41, 5.74) is 2.26. The zero-order valence-electron chi connectivity index (χ0n) is 13.3. The van der Waals surface area contributed by atoms with Crippen molar-refractivity contribution in [2.45, 2.75) is 5.75 Å². The lowest BCUT2D eigenvalue weighted by Crippen LogP contribution is -2.13. The number of sulfonamides is 1. The Hall–Kier alpha value is -2.19. The van der Waals surface area contributed by atoms with Gasteiger partial charge in [0.1, 0.15) is 0 Å². The highest BCUT2D eigenvalue weighted by Crippen LogP contribution is 2.16. The second kappa shape index (κ2) is 7.59. The van der Waals surface area contributed by atoms with Crippen LogP contribution in [0.3, 0.4) is 0 Å². The van der Waals surface area contributed by atoms with Crippen molar-refractivity contribution in [2.75, 3.05) is 22.6 Å². The summed E-state index contributed by atoms with van der Waals surface area (Å²) in [6, 6.07) is 13.3. The van der Waals surface area contributed by atoms with Crippen molar-refractivity contribution >= 4 is 38.1 Å². The topological polar surface area (TPSA) is 92.3 Å². The van der Waals surface area contributed by atoms with Crippen LogP contribution in [0.4, 0.5) is 11.4 Å². The summed E-state index contributed by atoms with van der Waals surface area (Å²) < 4.78 is 35.9. The second-order valence-electron chi connectivity index (χ2n) is 5.32. The third kappa shape index (κ3) is 5.78. The first-order valence-corrected chi connectivity index (χ1v) is 10.6. The molecule has 0 aliphatic rings. The maximum absolute atomic E-state index is 12.3. The quantitative estimate of drug-likeness (QED) is 0.820. The van der Waals surface area contributed by atoms with Gasteiger partial charge in [-0.05, 0) is 42.0 Å². The Balaban J connectivity index is 2.08. The molecule has 1 unspecified atom stereocenters. The molecule has 6 nitrogen and oxygen atoms in total. The lowest BCUT2D eigenvalue weighted by atomic mass is 10.1. The molecule has 0 aromatic heterocycles. The fourth-order valence-electron chi connectivity index (χ4n) is 2.08. The van der Waals surface area contributed by atoms with Gasteiger partial charge < -0.3 is 5.32 Å². The van der Waals surface area contributed by atoms with Gasteiger partial charge in [-0.15, -0.1) is 0 Å². The van der Waals surface area contributed by atoms with Gasteiger partial charge in [0.15, 0.2) is 0 Å².